The van der Waals surface area contributed by atoms with Crippen LogP contribution in [0.2, 0.25) is 0 Å². The van der Waals surface area contributed by atoms with E-state index in [2.05, 4.69) is 5.32 Å². The maximum atomic E-state index is 10.8. The molecule has 1 rings (SSSR count). The lowest BCUT2D eigenvalue weighted by molar-refractivity contribution is -0.141. The molecule has 0 aliphatic rings. The predicted octanol–water partition coefficient (Wildman–Crippen LogP) is 2.06. The molecule has 1 aromatic carbocycles. The molecule has 0 bridgehead atoms. The van der Waals surface area contributed by atoms with Crippen LogP contribution in [-0.4, -0.2) is 18.1 Å². The molecule has 82 valence electrons. The van der Waals surface area contributed by atoms with Gasteiger partial charge in [-0.05, 0) is 19.0 Å². The van der Waals surface area contributed by atoms with E-state index in [1.807, 2.05) is 37.4 Å². The first-order valence-electron chi connectivity index (χ1n) is 5.10. The van der Waals surface area contributed by atoms with Gasteiger partial charge in [0.15, 0.2) is 0 Å². The normalized spacial score (nSPS) is 14.5. The second-order valence-corrected chi connectivity index (χ2v) is 3.73. The molecular formula is C12H17NO2. The maximum Gasteiger partial charge on any atom is 0.306 e. The van der Waals surface area contributed by atoms with E-state index in [1.54, 1.807) is 6.92 Å². The summed E-state index contributed by atoms with van der Waals surface area (Å²) in [5, 5.41) is 12.0. The summed E-state index contributed by atoms with van der Waals surface area (Å²) in [6.07, 6.45) is 0.607. The Hall–Kier alpha value is -1.35. The number of aliphatic carboxylic acids is 1. The molecular weight excluding hydrogens is 190 g/mol. The van der Waals surface area contributed by atoms with Crippen LogP contribution in [0.1, 0.15) is 24.9 Å². The van der Waals surface area contributed by atoms with Crippen molar-refractivity contribution in [1.29, 1.82) is 0 Å². The molecule has 0 aliphatic heterocycles. The minimum absolute atomic E-state index is 0.109. The minimum atomic E-state index is -0.744. The Morgan fingerprint density at radius 2 is 2.00 bits per heavy atom. The Labute approximate surface area is 90.1 Å². The van der Waals surface area contributed by atoms with Gasteiger partial charge in [-0.1, -0.05) is 37.3 Å². The standard InChI is InChI=1S/C12H17NO2/c1-9(12(14)15)8-11(13-2)10-6-4-3-5-7-10/h3-7,9,11,13H,8H2,1-2H3,(H,14,15). The van der Waals surface area contributed by atoms with Crippen molar-refractivity contribution in [1.82, 2.24) is 5.32 Å². The molecule has 15 heavy (non-hydrogen) atoms. The van der Waals surface area contributed by atoms with Crippen LogP contribution in [0.15, 0.2) is 30.3 Å². The van der Waals surface area contributed by atoms with Crippen LogP contribution in [0.5, 0.6) is 0 Å². The summed E-state index contributed by atoms with van der Waals surface area (Å²) in [6.45, 7) is 1.73. The van der Waals surface area contributed by atoms with Gasteiger partial charge >= 0.3 is 5.97 Å². The fourth-order valence-corrected chi connectivity index (χ4v) is 1.56. The summed E-state index contributed by atoms with van der Waals surface area (Å²) in [5.41, 5.74) is 1.13. The van der Waals surface area contributed by atoms with Crippen molar-refractivity contribution in [2.24, 2.45) is 5.92 Å². The summed E-state index contributed by atoms with van der Waals surface area (Å²) in [5.74, 6) is -1.08. The van der Waals surface area contributed by atoms with E-state index in [0.717, 1.165) is 5.56 Å². The molecule has 0 fully saturated rings. The van der Waals surface area contributed by atoms with E-state index in [9.17, 15) is 4.79 Å². The van der Waals surface area contributed by atoms with E-state index >= 15 is 0 Å². The number of benzene rings is 1. The minimum Gasteiger partial charge on any atom is -0.481 e. The summed E-state index contributed by atoms with van der Waals surface area (Å²) >= 11 is 0. The maximum absolute atomic E-state index is 10.8. The lowest BCUT2D eigenvalue weighted by Gasteiger charge is -2.18. The Morgan fingerprint density at radius 3 is 2.47 bits per heavy atom. The smallest absolute Gasteiger partial charge is 0.306 e. The zero-order chi connectivity index (χ0) is 11.3. The Kier molecular flexibility index (Phi) is 4.31. The molecule has 1 aromatic rings. The number of carboxylic acid groups (broad SMARTS) is 1. The van der Waals surface area contributed by atoms with Crippen LogP contribution in [0, 0.1) is 5.92 Å². The average Bonchev–Trinajstić information content (AvgIpc) is 2.26. The largest absolute Gasteiger partial charge is 0.481 e. The molecule has 0 radical (unpaired) electrons. The van der Waals surface area contributed by atoms with Crippen LogP contribution in [-0.2, 0) is 4.79 Å². The summed E-state index contributed by atoms with van der Waals surface area (Å²) in [6, 6.07) is 10.0. The first kappa shape index (κ1) is 11.7. The zero-order valence-corrected chi connectivity index (χ0v) is 9.10. The van der Waals surface area contributed by atoms with Crippen molar-refractivity contribution >= 4 is 5.97 Å². The second-order valence-electron chi connectivity index (χ2n) is 3.73. The van der Waals surface area contributed by atoms with Gasteiger partial charge in [-0.25, -0.2) is 0 Å². The third-order valence-electron chi connectivity index (χ3n) is 2.56. The molecule has 2 N–H and O–H groups in total. The van der Waals surface area contributed by atoms with Crippen molar-refractivity contribution < 1.29 is 9.90 Å². The zero-order valence-electron chi connectivity index (χ0n) is 9.10. The molecule has 0 saturated heterocycles. The van der Waals surface area contributed by atoms with Crippen LogP contribution in [0.4, 0.5) is 0 Å². The van der Waals surface area contributed by atoms with Gasteiger partial charge in [0.05, 0.1) is 5.92 Å². The molecule has 3 heteroatoms. The van der Waals surface area contributed by atoms with E-state index in [0.29, 0.717) is 6.42 Å². The molecule has 0 heterocycles. The molecule has 2 atom stereocenters. The van der Waals surface area contributed by atoms with E-state index in [1.165, 1.54) is 0 Å². The van der Waals surface area contributed by atoms with Crippen molar-refractivity contribution in [3.8, 4) is 0 Å². The number of carbonyl (C=O) groups is 1. The van der Waals surface area contributed by atoms with Crippen LogP contribution in [0.3, 0.4) is 0 Å². The molecule has 2 unspecified atom stereocenters. The van der Waals surface area contributed by atoms with Gasteiger partial charge in [0, 0.05) is 6.04 Å². The van der Waals surface area contributed by atoms with Gasteiger partial charge in [-0.15, -0.1) is 0 Å². The summed E-state index contributed by atoms with van der Waals surface area (Å²) < 4.78 is 0. The van der Waals surface area contributed by atoms with Crippen LogP contribution >= 0.6 is 0 Å². The number of hydrogen-bond donors (Lipinski definition) is 2. The quantitative estimate of drug-likeness (QED) is 0.777. The molecule has 0 amide bonds. The fourth-order valence-electron chi connectivity index (χ4n) is 1.56. The van der Waals surface area contributed by atoms with Gasteiger partial charge < -0.3 is 10.4 Å². The Bertz CT molecular complexity index is 311. The van der Waals surface area contributed by atoms with Gasteiger partial charge in [-0.3, -0.25) is 4.79 Å². The first-order valence-corrected chi connectivity index (χ1v) is 5.10. The molecule has 0 spiro atoms. The molecule has 0 saturated carbocycles. The van der Waals surface area contributed by atoms with Gasteiger partial charge in [0.2, 0.25) is 0 Å². The molecule has 0 aliphatic carbocycles. The fraction of sp³-hybridized carbons (Fsp3) is 0.417. The Balaban J connectivity index is 2.69. The van der Waals surface area contributed by atoms with Gasteiger partial charge in [-0.2, -0.15) is 0 Å². The van der Waals surface area contributed by atoms with Crippen molar-refractivity contribution in [2.45, 2.75) is 19.4 Å². The van der Waals surface area contributed by atoms with Crippen molar-refractivity contribution in [2.75, 3.05) is 7.05 Å². The molecule has 0 aromatic heterocycles. The highest BCUT2D eigenvalue weighted by molar-refractivity contribution is 5.69. The van der Waals surface area contributed by atoms with E-state index in [-0.39, 0.29) is 12.0 Å². The summed E-state index contributed by atoms with van der Waals surface area (Å²) in [7, 11) is 1.85. The van der Waals surface area contributed by atoms with E-state index < -0.39 is 5.97 Å². The predicted molar refractivity (Wildman–Crippen MR) is 59.7 cm³/mol. The number of nitrogens with one attached hydrogen (secondary N) is 1. The first-order chi connectivity index (χ1) is 7.15. The number of rotatable bonds is 5. The van der Waals surface area contributed by atoms with Crippen LogP contribution < -0.4 is 5.32 Å². The van der Waals surface area contributed by atoms with Crippen LogP contribution in [0.25, 0.3) is 0 Å². The topological polar surface area (TPSA) is 49.3 Å². The third-order valence-corrected chi connectivity index (χ3v) is 2.56. The lowest BCUT2D eigenvalue weighted by atomic mass is 9.96. The van der Waals surface area contributed by atoms with E-state index in [4.69, 9.17) is 5.11 Å². The molecule has 3 nitrogen and oxygen atoms in total. The van der Waals surface area contributed by atoms with Crippen molar-refractivity contribution in [3.63, 3.8) is 0 Å². The SMILES string of the molecule is CNC(CC(C)C(=O)O)c1ccccc1. The van der Waals surface area contributed by atoms with Crippen molar-refractivity contribution in [3.05, 3.63) is 35.9 Å². The summed E-state index contributed by atoms with van der Waals surface area (Å²) in [4.78, 5) is 10.8. The monoisotopic (exact) mass is 207 g/mol. The average molecular weight is 207 g/mol. The highest BCUT2D eigenvalue weighted by Gasteiger charge is 2.17. The number of hydrogen-bond acceptors (Lipinski definition) is 2. The second kappa shape index (κ2) is 5.51. The third kappa shape index (κ3) is 3.36. The highest BCUT2D eigenvalue weighted by Crippen LogP contribution is 2.20. The van der Waals surface area contributed by atoms with Gasteiger partial charge in [0.25, 0.3) is 0 Å². The highest BCUT2D eigenvalue weighted by atomic mass is 16.4. The number of carboxylic acids is 1. The Morgan fingerprint density at radius 1 is 1.40 bits per heavy atom. The lowest BCUT2D eigenvalue weighted by Crippen LogP contribution is -2.22. The van der Waals surface area contributed by atoms with Gasteiger partial charge in [0.1, 0.15) is 0 Å².